The van der Waals surface area contributed by atoms with Gasteiger partial charge in [-0.25, -0.2) is 0 Å². The first-order chi connectivity index (χ1) is 12.7. The molecule has 1 aromatic rings. The molecule has 0 bridgehead atoms. The molecule has 4 heteroatoms. The van der Waals surface area contributed by atoms with E-state index in [0.29, 0.717) is 6.04 Å². The van der Waals surface area contributed by atoms with Crippen molar-refractivity contribution in [3.8, 4) is 0 Å². The fraction of sp³-hybridized carbons (Fsp3) is 0.727. The van der Waals surface area contributed by atoms with Crippen LogP contribution in [0.5, 0.6) is 0 Å². The van der Waals surface area contributed by atoms with Crippen molar-refractivity contribution >= 4 is 0 Å². The van der Waals surface area contributed by atoms with Crippen molar-refractivity contribution in [2.45, 2.75) is 50.8 Å². The first kappa shape index (κ1) is 18.4. The van der Waals surface area contributed by atoms with Gasteiger partial charge in [0.2, 0.25) is 0 Å². The molecule has 3 aliphatic heterocycles. The van der Waals surface area contributed by atoms with Crippen molar-refractivity contribution in [1.82, 2.24) is 14.7 Å². The molecule has 144 valence electrons. The van der Waals surface area contributed by atoms with Crippen LogP contribution >= 0.6 is 0 Å². The Morgan fingerprint density at radius 2 is 1.62 bits per heavy atom. The summed E-state index contributed by atoms with van der Waals surface area (Å²) in [6, 6.07) is 9.82. The standard InChI is InChI=1S/C22H35N3O/c1-3-19-4-6-20(7-5-19)17-24-10-8-22(9-11-24)16-21(18-26-22)25-14-12-23(2)13-15-25/h4-7,21H,3,8-18H2,1-2H3/t21-/m0/s1. The molecule has 1 aromatic carbocycles. The summed E-state index contributed by atoms with van der Waals surface area (Å²) >= 11 is 0. The molecule has 0 aromatic heterocycles. The maximum atomic E-state index is 6.42. The number of aryl methyl sites for hydroxylation is 1. The Balaban J connectivity index is 1.26. The Hall–Kier alpha value is -0.940. The van der Waals surface area contributed by atoms with Crippen LogP contribution in [0.1, 0.15) is 37.3 Å². The van der Waals surface area contributed by atoms with Crippen molar-refractivity contribution in [3.63, 3.8) is 0 Å². The number of benzene rings is 1. The Kier molecular flexibility index (Phi) is 5.65. The third-order valence-corrected chi connectivity index (χ3v) is 6.85. The Labute approximate surface area is 159 Å². The minimum absolute atomic E-state index is 0.163. The van der Waals surface area contributed by atoms with Crippen LogP contribution in [0.2, 0.25) is 0 Å². The lowest BCUT2D eigenvalue weighted by Crippen LogP contribution is -2.50. The Bertz CT molecular complexity index is 572. The largest absolute Gasteiger partial charge is 0.373 e. The molecule has 1 spiro atoms. The lowest BCUT2D eigenvalue weighted by molar-refractivity contribution is -0.0454. The fourth-order valence-corrected chi connectivity index (χ4v) is 4.85. The van der Waals surface area contributed by atoms with E-state index in [1.54, 1.807) is 0 Å². The van der Waals surface area contributed by atoms with Crippen molar-refractivity contribution < 1.29 is 4.74 Å². The van der Waals surface area contributed by atoms with Crippen LogP contribution in [-0.4, -0.2) is 79.3 Å². The topological polar surface area (TPSA) is 19.0 Å². The number of ether oxygens (including phenoxy) is 1. The molecule has 4 nitrogen and oxygen atoms in total. The first-order valence-corrected chi connectivity index (χ1v) is 10.5. The molecule has 3 fully saturated rings. The third-order valence-electron chi connectivity index (χ3n) is 6.85. The molecule has 0 amide bonds. The van der Waals surface area contributed by atoms with Gasteiger partial charge < -0.3 is 9.64 Å². The zero-order chi connectivity index (χ0) is 18.0. The van der Waals surface area contributed by atoms with Gasteiger partial charge in [-0.15, -0.1) is 0 Å². The van der Waals surface area contributed by atoms with Crippen LogP contribution in [0.15, 0.2) is 24.3 Å². The van der Waals surface area contributed by atoms with E-state index in [9.17, 15) is 0 Å². The maximum Gasteiger partial charge on any atom is 0.0723 e. The van der Waals surface area contributed by atoms with Gasteiger partial charge in [-0.3, -0.25) is 9.80 Å². The van der Waals surface area contributed by atoms with Crippen molar-refractivity contribution in [2.24, 2.45) is 0 Å². The highest BCUT2D eigenvalue weighted by Gasteiger charge is 2.44. The van der Waals surface area contributed by atoms with Gasteiger partial charge in [0.25, 0.3) is 0 Å². The summed E-state index contributed by atoms with van der Waals surface area (Å²) in [7, 11) is 2.23. The zero-order valence-corrected chi connectivity index (χ0v) is 16.6. The first-order valence-electron chi connectivity index (χ1n) is 10.5. The van der Waals surface area contributed by atoms with Gasteiger partial charge in [0, 0.05) is 51.9 Å². The van der Waals surface area contributed by atoms with Crippen LogP contribution < -0.4 is 0 Å². The number of likely N-dealkylation sites (tertiary alicyclic amines) is 1. The molecule has 0 saturated carbocycles. The molecule has 4 rings (SSSR count). The van der Waals surface area contributed by atoms with Crippen LogP contribution in [0.4, 0.5) is 0 Å². The molecule has 3 aliphatic rings. The minimum Gasteiger partial charge on any atom is -0.373 e. The van der Waals surface area contributed by atoms with Gasteiger partial charge in [-0.05, 0) is 43.9 Å². The molecule has 3 heterocycles. The second-order valence-electron chi connectivity index (χ2n) is 8.64. The van der Waals surface area contributed by atoms with Crippen LogP contribution in [0.25, 0.3) is 0 Å². The molecule has 1 atom stereocenters. The van der Waals surface area contributed by atoms with E-state index >= 15 is 0 Å². The highest BCUT2D eigenvalue weighted by Crippen LogP contribution is 2.38. The summed E-state index contributed by atoms with van der Waals surface area (Å²) in [5.74, 6) is 0. The van der Waals surface area contributed by atoms with Crippen LogP contribution in [0, 0.1) is 0 Å². The Morgan fingerprint density at radius 3 is 2.27 bits per heavy atom. The van der Waals surface area contributed by atoms with Gasteiger partial charge in [0.1, 0.15) is 0 Å². The number of piperazine rings is 1. The molecule has 0 N–H and O–H groups in total. The van der Waals surface area contributed by atoms with Gasteiger partial charge >= 0.3 is 0 Å². The third kappa shape index (κ3) is 4.14. The molecule has 0 aliphatic carbocycles. The van der Waals surface area contributed by atoms with Crippen molar-refractivity contribution in [1.29, 1.82) is 0 Å². The van der Waals surface area contributed by atoms with E-state index in [1.165, 1.54) is 69.7 Å². The van der Waals surface area contributed by atoms with Gasteiger partial charge in [-0.1, -0.05) is 31.2 Å². The average Bonchev–Trinajstić information content (AvgIpc) is 3.09. The predicted molar refractivity (Wildman–Crippen MR) is 106 cm³/mol. The summed E-state index contributed by atoms with van der Waals surface area (Å²) in [5, 5.41) is 0. The molecular weight excluding hydrogens is 322 g/mol. The smallest absolute Gasteiger partial charge is 0.0723 e. The summed E-state index contributed by atoms with van der Waals surface area (Å²) in [5.41, 5.74) is 3.04. The number of hydrogen-bond acceptors (Lipinski definition) is 4. The molecule has 26 heavy (non-hydrogen) atoms. The normalized spacial score (nSPS) is 28.0. The van der Waals surface area contributed by atoms with Crippen LogP contribution in [-0.2, 0) is 17.7 Å². The lowest BCUT2D eigenvalue weighted by Gasteiger charge is -2.40. The molecule has 0 radical (unpaired) electrons. The monoisotopic (exact) mass is 357 g/mol. The number of hydrogen-bond donors (Lipinski definition) is 0. The number of piperidine rings is 1. The Morgan fingerprint density at radius 1 is 0.962 bits per heavy atom. The fourth-order valence-electron chi connectivity index (χ4n) is 4.85. The molecule has 3 saturated heterocycles. The zero-order valence-electron chi connectivity index (χ0n) is 16.6. The summed E-state index contributed by atoms with van der Waals surface area (Å²) in [6.07, 6.45) is 4.77. The summed E-state index contributed by atoms with van der Waals surface area (Å²) in [4.78, 5) is 7.72. The SMILES string of the molecule is CCc1ccc(CN2CCC3(CC2)C[C@H](N2CCN(C)CC2)CO3)cc1. The highest BCUT2D eigenvalue weighted by atomic mass is 16.5. The van der Waals surface area contributed by atoms with E-state index in [-0.39, 0.29) is 5.60 Å². The van der Waals surface area contributed by atoms with E-state index in [0.717, 1.165) is 19.6 Å². The lowest BCUT2D eigenvalue weighted by atomic mass is 9.87. The van der Waals surface area contributed by atoms with Gasteiger partial charge in [-0.2, -0.15) is 0 Å². The minimum atomic E-state index is 0.163. The van der Waals surface area contributed by atoms with Gasteiger partial charge in [0.05, 0.1) is 12.2 Å². The van der Waals surface area contributed by atoms with E-state index in [2.05, 4.69) is 52.9 Å². The van der Waals surface area contributed by atoms with Crippen molar-refractivity contribution in [2.75, 3.05) is 52.9 Å². The highest BCUT2D eigenvalue weighted by molar-refractivity contribution is 5.22. The van der Waals surface area contributed by atoms with E-state index in [4.69, 9.17) is 4.74 Å². The van der Waals surface area contributed by atoms with Gasteiger partial charge in [0.15, 0.2) is 0 Å². The summed E-state index contributed by atoms with van der Waals surface area (Å²) < 4.78 is 6.42. The number of likely N-dealkylation sites (N-methyl/N-ethyl adjacent to an activating group) is 1. The second kappa shape index (κ2) is 7.97. The number of nitrogens with zero attached hydrogens (tertiary/aromatic N) is 3. The van der Waals surface area contributed by atoms with E-state index < -0.39 is 0 Å². The number of rotatable bonds is 4. The predicted octanol–water partition coefficient (Wildman–Crippen LogP) is 2.62. The average molecular weight is 358 g/mol. The molecular formula is C22H35N3O. The maximum absolute atomic E-state index is 6.42. The summed E-state index contributed by atoms with van der Waals surface area (Å²) in [6.45, 7) is 11.4. The molecule has 0 unspecified atom stereocenters. The van der Waals surface area contributed by atoms with Crippen LogP contribution in [0.3, 0.4) is 0 Å². The quantitative estimate of drug-likeness (QED) is 0.824. The van der Waals surface area contributed by atoms with Crippen molar-refractivity contribution in [3.05, 3.63) is 35.4 Å². The van der Waals surface area contributed by atoms with E-state index in [1.807, 2.05) is 0 Å². The second-order valence-corrected chi connectivity index (χ2v) is 8.64.